The van der Waals surface area contributed by atoms with Crippen LogP contribution in [0.5, 0.6) is 11.5 Å². The van der Waals surface area contributed by atoms with E-state index in [1.807, 2.05) is 17.0 Å². The van der Waals surface area contributed by atoms with E-state index < -0.39 is 5.54 Å². The molecule has 1 atom stereocenters. The van der Waals surface area contributed by atoms with E-state index >= 15 is 0 Å². The molecule has 8 heteroatoms. The Labute approximate surface area is 194 Å². The number of amidine groups is 1. The van der Waals surface area contributed by atoms with Crippen molar-refractivity contribution in [3.05, 3.63) is 42.1 Å². The third kappa shape index (κ3) is 4.21. The van der Waals surface area contributed by atoms with E-state index in [2.05, 4.69) is 15.6 Å². The van der Waals surface area contributed by atoms with E-state index in [-0.39, 0.29) is 5.91 Å². The minimum Gasteiger partial charge on any atom is -0.497 e. The molecule has 5 rings (SSSR count). The van der Waals surface area contributed by atoms with Crippen molar-refractivity contribution < 1.29 is 14.3 Å². The Kier molecular flexibility index (Phi) is 5.83. The summed E-state index contributed by atoms with van der Waals surface area (Å²) in [5.41, 5.74) is 1.04. The Balaban J connectivity index is 1.47. The van der Waals surface area contributed by atoms with Crippen molar-refractivity contribution in [1.82, 2.24) is 9.88 Å². The number of fused-ring (bicyclic) bond motifs is 1. The number of nitrogens with one attached hydrogen (secondary N) is 2. The van der Waals surface area contributed by atoms with Crippen LogP contribution in [0, 0.1) is 0 Å². The predicted molar refractivity (Wildman–Crippen MR) is 129 cm³/mol. The first-order valence-electron chi connectivity index (χ1n) is 11.7. The Bertz CT molecular complexity index is 1040. The highest BCUT2D eigenvalue weighted by atomic mass is 16.5. The van der Waals surface area contributed by atoms with Crippen LogP contribution >= 0.6 is 0 Å². The van der Waals surface area contributed by atoms with Gasteiger partial charge in [0.15, 0.2) is 5.82 Å². The Morgan fingerprint density at radius 2 is 1.91 bits per heavy atom. The highest BCUT2D eigenvalue weighted by Gasteiger charge is 2.45. The number of carbonyl (C=O) groups is 1. The van der Waals surface area contributed by atoms with Gasteiger partial charge in [-0.25, -0.2) is 4.98 Å². The molecule has 8 nitrogen and oxygen atoms in total. The van der Waals surface area contributed by atoms with E-state index in [0.29, 0.717) is 36.2 Å². The maximum absolute atomic E-state index is 13.6. The number of methoxy groups -OCH3 is 2. The molecule has 1 saturated heterocycles. The van der Waals surface area contributed by atoms with E-state index in [1.54, 1.807) is 38.6 Å². The zero-order chi connectivity index (χ0) is 22.8. The van der Waals surface area contributed by atoms with Crippen molar-refractivity contribution in [2.24, 2.45) is 4.99 Å². The highest BCUT2D eigenvalue weighted by Crippen LogP contribution is 2.37. The first-order valence-corrected chi connectivity index (χ1v) is 11.7. The summed E-state index contributed by atoms with van der Waals surface area (Å²) in [6.45, 7) is 1.22. The Morgan fingerprint density at radius 3 is 2.64 bits per heavy atom. The molecule has 2 N–H and O–H groups in total. The van der Waals surface area contributed by atoms with Gasteiger partial charge in [-0.1, -0.05) is 12.8 Å². The minimum absolute atomic E-state index is 0.0368. The summed E-state index contributed by atoms with van der Waals surface area (Å²) in [5.74, 6) is 2.86. The first-order chi connectivity index (χ1) is 16.1. The molecule has 1 aromatic heterocycles. The summed E-state index contributed by atoms with van der Waals surface area (Å²) >= 11 is 0. The van der Waals surface area contributed by atoms with Crippen molar-refractivity contribution in [3.63, 3.8) is 0 Å². The van der Waals surface area contributed by atoms with E-state index in [1.165, 1.54) is 12.8 Å². The molecule has 1 saturated carbocycles. The second-order valence-electron chi connectivity index (χ2n) is 9.08. The van der Waals surface area contributed by atoms with Gasteiger partial charge in [-0.2, -0.15) is 0 Å². The van der Waals surface area contributed by atoms with Gasteiger partial charge in [0.1, 0.15) is 22.9 Å². The number of ether oxygens (including phenoxy) is 2. The van der Waals surface area contributed by atoms with Gasteiger partial charge >= 0.3 is 0 Å². The normalized spacial score (nSPS) is 23.7. The quantitative estimate of drug-likeness (QED) is 0.735. The lowest BCUT2D eigenvalue weighted by Crippen LogP contribution is -2.62. The van der Waals surface area contributed by atoms with Gasteiger partial charge in [-0.15, -0.1) is 0 Å². The number of aromatic nitrogens is 1. The molecule has 1 aromatic carbocycles. The second-order valence-corrected chi connectivity index (χ2v) is 9.08. The van der Waals surface area contributed by atoms with Crippen LogP contribution in [0.1, 0.15) is 48.9 Å². The number of benzene rings is 1. The number of aliphatic imine (C=N–C) groups is 1. The van der Waals surface area contributed by atoms with Crippen molar-refractivity contribution in [3.8, 4) is 11.5 Å². The van der Waals surface area contributed by atoms with Crippen LogP contribution in [-0.4, -0.2) is 60.5 Å². The average Bonchev–Trinajstić information content (AvgIpc) is 3.37. The molecule has 1 aliphatic carbocycles. The topological polar surface area (TPSA) is 88.1 Å². The molecule has 1 spiro atoms. The minimum atomic E-state index is -0.463. The second kappa shape index (κ2) is 8.92. The third-order valence-corrected chi connectivity index (χ3v) is 6.89. The van der Waals surface area contributed by atoms with Gasteiger partial charge < -0.3 is 25.0 Å². The van der Waals surface area contributed by atoms with Crippen molar-refractivity contribution >= 4 is 23.2 Å². The van der Waals surface area contributed by atoms with Gasteiger partial charge in [-0.05, 0) is 49.9 Å². The van der Waals surface area contributed by atoms with Gasteiger partial charge in [0.2, 0.25) is 0 Å². The number of anilines is 2. The average molecular weight is 450 g/mol. The molecule has 2 aliphatic heterocycles. The molecular formula is C25H31N5O3. The standard InChI is InChI=1S/C25H31N5O3/c1-32-19-13-17(14-20(15-19)33-2)23(31)30-12-6-10-25(16-30)24(27-18-7-3-4-8-18)28-22-21(29-25)9-5-11-26-22/h5,9,11,13-15,18,29H,3-4,6-8,10,12,16H2,1-2H3,(H,26,27,28). The predicted octanol–water partition coefficient (Wildman–Crippen LogP) is 3.95. The lowest BCUT2D eigenvalue weighted by molar-refractivity contribution is 0.0693. The fraction of sp³-hybridized carbons (Fsp3) is 0.480. The van der Waals surface area contributed by atoms with Gasteiger partial charge in [0.05, 0.1) is 32.5 Å². The van der Waals surface area contributed by atoms with Crippen LogP contribution in [-0.2, 0) is 0 Å². The van der Waals surface area contributed by atoms with E-state index in [0.717, 1.165) is 43.0 Å². The maximum atomic E-state index is 13.6. The Morgan fingerprint density at radius 1 is 1.15 bits per heavy atom. The zero-order valence-corrected chi connectivity index (χ0v) is 19.3. The molecular weight excluding hydrogens is 418 g/mol. The smallest absolute Gasteiger partial charge is 0.254 e. The monoisotopic (exact) mass is 449 g/mol. The Hall–Kier alpha value is -3.29. The summed E-state index contributed by atoms with van der Waals surface area (Å²) in [6.07, 6.45) is 8.22. The molecule has 174 valence electrons. The first kappa shape index (κ1) is 21.6. The van der Waals surface area contributed by atoms with Crippen LogP contribution < -0.4 is 20.1 Å². The summed E-state index contributed by atoms with van der Waals surface area (Å²) < 4.78 is 10.8. The van der Waals surface area contributed by atoms with Crippen LogP contribution in [0.2, 0.25) is 0 Å². The molecule has 2 aromatic rings. The number of rotatable bonds is 4. The molecule has 33 heavy (non-hydrogen) atoms. The number of piperidine rings is 1. The van der Waals surface area contributed by atoms with Gasteiger partial charge in [-0.3, -0.25) is 9.79 Å². The molecule has 3 aliphatic rings. The maximum Gasteiger partial charge on any atom is 0.254 e. The number of pyridine rings is 1. The molecule has 0 bridgehead atoms. The molecule has 1 amide bonds. The lowest BCUT2D eigenvalue weighted by atomic mass is 9.85. The van der Waals surface area contributed by atoms with E-state index in [9.17, 15) is 4.79 Å². The fourth-order valence-corrected chi connectivity index (χ4v) is 5.16. The highest BCUT2D eigenvalue weighted by molar-refractivity contribution is 6.09. The number of hydrogen-bond acceptors (Lipinski definition) is 6. The number of carbonyl (C=O) groups excluding carboxylic acids is 1. The van der Waals surface area contributed by atoms with Crippen LogP contribution in [0.4, 0.5) is 11.5 Å². The summed E-state index contributed by atoms with van der Waals surface area (Å²) in [6, 6.07) is 9.59. The number of hydrogen-bond donors (Lipinski definition) is 2. The summed E-state index contributed by atoms with van der Waals surface area (Å²) in [4.78, 5) is 25.1. The van der Waals surface area contributed by atoms with Crippen LogP contribution in [0.15, 0.2) is 41.5 Å². The fourth-order valence-electron chi connectivity index (χ4n) is 5.16. The van der Waals surface area contributed by atoms with Crippen molar-refractivity contribution in [1.29, 1.82) is 0 Å². The van der Waals surface area contributed by atoms with Crippen LogP contribution in [0.3, 0.4) is 0 Å². The zero-order valence-electron chi connectivity index (χ0n) is 19.3. The van der Waals surface area contributed by atoms with Crippen molar-refractivity contribution in [2.75, 3.05) is 37.9 Å². The lowest BCUT2D eigenvalue weighted by Gasteiger charge is -2.47. The molecule has 1 unspecified atom stereocenters. The summed E-state index contributed by atoms with van der Waals surface area (Å²) in [7, 11) is 3.18. The summed E-state index contributed by atoms with van der Waals surface area (Å²) in [5, 5.41) is 7.24. The van der Waals surface area contributed by atoms with Crippen molar-refractivity contribution in [2.45, 2.75) is 50.1 Å². The number of nitrogens with zero attached hydrogens (tertiary/aromatic N) is 3. The van der Waals surface area contributed by atoms with Gasteiger partial charge in [0, 0.05) is 24.4 Å². The molecule has 2 fully saturated rings. The van der Waals surface area contributed by atoms with Crippen LogP contribution in [0.25, 0.3) is 0 Å². The molecule has 3 heterocycles. The number of amides is 1. The SMILES string of the molecule is COc1cc(OC)cc(C(=O)N2CCCC3(C2)Nc2cccnc2NC3=NC2CCCC2)c1. The van der Waals surface area contributed by atoms with Gasteiger partial charge in [0.25, 0.3) is 5.91 Å². The third-order valence-electron chi connectivity index (χ3n) is 6.89. The number of likely N-dealkylation sites (tertiary alicyclic amines) is 1. The largest absolute Gasteiger partial charge is 0.497 e. The molecule has 0 radical (unpaired) electrons. The van der Waals surface area contributed by atoms with E-state index in [4.69, 9.17) is 14.5 Å².